The molecule has 2 aliphatic rings. The number of rotatable bonds is 6. The maximum Gasteiger partial charge on any atom is 0.250 e. The van der Waals surface area contributed by atoms with Crippen molar-refractivity contribution < 1.29 is 19.1 Å². The Morgan fingerprint density at radius 3 is 2.54 bits per heavy atom. The predicted octanol–water partition coefficient (Wildman–Crippen LogP) is 2.67. The molecule has 1 saturated carbocycles. The molecule has 6 heteroatoms. The number of amides is 3. The number of carbonyl (C=O) groups is 3. The molecule has 1 aliphatic carbocycles. The molecule has 0 radical (unpaired) electrons. The largest absolute Gasteiger partial charge is 0.368 e. The van der Waals surface area contributed by atoms with Crippen molar-refractivity contribution in [1.82, 2.24) is 5.32 Å². The number of imide groups is 1. The Morgan fingerprint density at radius 1 is 1.23 bits per heavy atom. The number of benzene rings is 1. The third kappa shape index (κ3) is 3.96. The van der Waals surface area contributed by atoms with Crippen molar-refractivity contribution in [3.8, 4) is 0 Å². The van der Waals surface area contributed by atoms with E-state index < -0.39 is 5.41 Å². The van der Waals surface area contributed by atoms with Gasteiger partial charge in [-0.2, -0.15) is 0 Å². The average Bonchev–Trinajstić information content (AvgIpc) is 3.15. The molecule has 1 unspecified atom stereocenters. The van der Waals surface area contributed by atoms with Crippen LogP contribution in [0.5, 0.6) is 0 Å². The third-order valence-corrected chi connectivity index (χ3v) is 5.54. The Labute approximate surface area is 153 Å². The van der Waals surface area contributed by atoms with Gasteiger partial charge in [0.15, 0.2) is 0 Å². The SMILES string of the molecule is CCC1(c2ccc(NC(=O)COC3CCCC3)cc2)CCC(=O)NC1=O. The Morgan fingerprint density at radius 2 is 1.92 bits per heavy atom. The summed E-state index contributed by atoms with van der Waals surface area (Å²) in [6.07, 6.45) is 6.09. The fourth-order valence-corrected chi connectivity index (χ4v) is 3.88. The molecule has 1 aliphatic heterocycles. The van der Waals surface area contributed by atoms with Gasteiger partial charge in [0, 0.05) is 12.1 Å². The van der Waals surface area contributed by atoms with Gasteiger partial charge in [-0.15, -0.1) is 0 Å². The van der Waals surface area contributed by atoms with E-state index in [0.717, 1.165) is 18.4 Å². The summed E-state index contributed by atoms with van der Waals surface area (Å²) >= 11 is 0. The van der Waals surface area contributed by atoms with Gasteiger partial charge in [-0.3, -0.25) is 19.7 Å². The summed E-state index contributed by atoms with van der Waals surface area (Å²) in [4.78, 5) is 35.9. The van der Waals surface area contributed by atoms with Crippen LogP contribution in [0.1, 0.15) is 57.4 Å². The fourth-order valence-electron chi connectivity index (χ4n) is 3.88. The van der Waals surface area contributed by atoms with Crippen molar-refractivity contribution in [2.75, 3.05) is 11.9 Å². The highest BCUT2D eigenvalue weighted by Crippen LogP contribution is 2.36. The minimum Gasteiger partial charge on any atom is -0.368 e. The van der Waals surface area contributed by atoms with E-state index in [1.54, 1.807) is 12.1 Å². The van der Waals surface area contributed by atoms with Crippen LogP contribution in [0, 0.1) is 0 Å². The number of hydrogen-bond acceptors (Lipinski definition) is 4. The minimum absolute atomic E-state index is 0.0653. The molecule has 0 bridgehead atoms. The van der Waals surface area contributed by atoms with Crippen molar-refractivity contribution in [2.24, 2.45) is 0 Å². The van der Waals surface area contributed by atoms with Crippen LogP contribution in [-0.4, -0.2) is 30.4 Å². The lowest BCUT2D eigenvalue weighted by Crippen LogP contribution is -2.51. The predicted molar refractivity (Wildman–Crippen MR) is 97.6 cm³/mol. The molecule has 0 aromatic heterocycles. The summed E-state index contributed by atoms with van der Waals surface area (Å²) in [5, 5.41) is 5.27. The zero-order valence-corrected chi connectivity index (χ0v) is 15.2. The first-order valence-electron chi connectivity index (χ1n) is 9.40. The number of piperidine rings is 1. The zero-order chi connectivity index (χ0) is 18.6. The van der Waals surface area contributed by atoms with Gasteiger partial charge >= 0.3 is 0 Å². The standard InChI is InChI=1S/C20H26N2O4/c1-2-20(12-11-17(23)22-19(20)25)14-7-9-15(10-8-14)21-18(24)13-26-16-5-3-4-6-16/h7-10,16H,2-6,11-13H2,1H3,(H,21,24)(H,22,23,25). The second-order valence-corrected chi connectivity index (χ2v) is 7.16. The molecule has 3 rings (SSSR count). The van der Waals surface area contributed by atoms with Gasteiger partial charge in [0.05, 0.1) is 11.5 Å². The van der Waals surface area contributed by atoms with Crippen molar-refractivity contribution in [3.63, 3.8) is 0 Å². The number of ether oxygens (including phenoxy) is 1. The summed E-state index contributed by atoms with van der Waals surface area (Å²) in [7, 11) is 0. The van der Waals surface area contributed by atoms with E-state index in [9.17, 15) is 14.4 Å². The molecule has 0 spiro atoms. The van der Waals surface area contributed by atoms with Gasteiger partial charge in [-0.05, 0) is 43.4 Å². The molecule has 2 N–H and O–H groups in total. The molecule has 1 aromatic rings. The molecule has 6 nitrogen and oxygen atoms in total. The van der Waals surface area contributed by atoms with Crippen LogP contribution in [0.15, 0.2) is 24.3 Å². The molecular formula is C20H26N2O4. The fraction of sp³-hybridized carbons (Fsp3) is 0.550. The van der Waals surface area contributed by atoms with Gasteiger partial charge in [0.1, 0.15) is 6.61 Å². The van der Waals surface area contributed by atoms with Crippen LogP contribution in [0.25, 0.3) is 0 Å². The van der Waals surface area contributed by atoms with Gasteiger partial charge in [-0.25, -0.2) is 0 Å². The van der Waals surface area contributed by atoms with E-state index in [-0.39, 0.29) is 30.4 Å². The number of nitrogens with one attached hydrogen (secondary N) is 2. The highest BCUT2D eigenvalue weighted by Gasteiger charge is 2.42. The summed E-state index contributed by atoms with van der Waals surface area (Å²) in [6, 6.07) is 7.30. The molecule has 1 heterocycles. The lowest BCUT2D eigenvalue weighted by Gasteiger charge is -2.35. The monoisotopic (exact) mass is 358 g/mol. The Bertz CT molecular complexity index is 680. The summed E-state index contributed by atoms with van der Waals surface area (Å²) < 4.78 is 5.62. The van der Waals surface area contributed by atoms with E-state index in [0.29, 0.717) is 24.9 Å². The lowest BCUT2D eigenvalue weighted by molar-refractivity contribution is -0.138. The Kier molecular flexibility index (Phi) is 5.71. The molecule has 3 amide bonds. The number of anilines is 1. The maximum atomic E-state index is 12.4. The molecule has 1 atom stereocenters. The van der Waals surface area contributed by atoms with E-state index in [1.807, 2.05) is 19.1 Å². The van der Waals surface area contributed by atoms with Gasteiger partial charge < -0.3 is 10.1 Å². The second kappa shape index (κ2) is 7.99. The van der Waals surface area contributed by atoms with Crippen LogP contribution in [0.4, 0.5) is 5.69 Å². The second-order valence-electron chi connectivity index (χ2n) is 7.16. The van der Waals surface area contributed by atoms with Crippen molar-refractivity contribution in [3.05, 3.63) is 29.8 Å². The quantitative estimate of drug-likeness (QED) is 0.766. The highest BCUT2D eigenvalue weighted by atomic mass is 16.5. The minimum atomic E-state index is -0.679. The van der Waals surface area contributed by atoms with Crippen LogP contribution >= 0.6 is 0 Å². The summed E-state index contributed by atoms with van der Waals surface area (Å²) in [5.41, 5.74) is 0.861. The number of carbonyl (C=O) groups excluding carboxylic acids is 3. The molecule has 1 aromatic carbocycles. The van der Waals surface area contributed by atoms with E-state index in [4.69, 9.17) is 4.74 Å². The summed E-state index contributed by atoms with van der Waals surface area (Å²) in [6.45, 7) is 2.02. The maximum absolute atomic E-state index is 12.4. The lowest BCUT2D eigenvalue weighted by atomic mass is 9.72. The Balaban J connectivity index is 1.61. The van der Waals surface area contributed by atoms with Crippen molar-refractivity contribution >= 4 is 23.4 Å². The first-order chi connectivity index (χ1) is 12.5. The molecule has 26 heavy (non-hydrogen) atoms. The smallest absolute Gasteiger partial charge is 0.250 e. The van der Waals surface area contributed by atoms with Crippen LogP contribution in [0.3, 0.4) is 0 Å². The summed E-state index contributed by atoms with van der Waals surface area (Å²) in [5.74, 6) is -0.626. The molecule has 1 saturated heterocycles. The van der Waals surface area contributed by atoms with Crippen molar-refractivity contribution in [1.29, 1.82) is 0 Å². The highest BCUT2D eigenvalue weighted by molar-refractivity contribution is 6.03. The molecule has 140 valence electrons. The average molecular weight is 358 g/mol. The van der Waals surface area contributed by atoms with Crippen LogP contribution in [0.2, 0.25) is 0 Å². The first kappa shape index (κ1) is 18.6. The van der Waals surface area contributed by atoms with Crippen LogP contribution < -0.4 is 10.6 Å². The van der Waals surface area contributed by atoms with E-state index in [1.165, 1.54) is 12.8 Å². The third-order valence-electron chi connectivity index (χ3n) is 5.54. The van der Waals surface area contributed by atoms with Crippen LogP contribution in [-0.2, 0) is 24.5 Å². The topological polar surface area (TPSA) is 84.5 Å². The Hall–Kier alpha value is -2.21. The van der Waals surface area contributed by atoms with Gasteiger partial charge in [0.25, 0.3) is 0 Å². The van der Waals surface area contributed by atoms with E-state index >= 15 is 0 Å². The van der Waals surface area contributed by atoms with Gasteiger partial charge in [-0.1, -0.05) is 31.9 Å². The van der Waals surface area contributed by atoms with E-state index in [2.05, 4.69) is 10.6 Å². The van der Waals surface area contributed by atoms with Crippen molar-refractivity contribution in [2.45, 2.75) is 63.4 Å². The normalized spacial score (nSPS) is 23.7. The molecular weight excluding hydrogens is 332 g/mol. The zero-order valence-electron chi connectivity index (χ0n) is 15.2. The first-order valence-corrected chi connectivity index (χ1v) is 9.40. The number of hydrogen-bond donors (Lipinski definition) is 2. The molecule has 2 fully saturated rings. The van der Waals surface area contributed by atoms with Gasteiger partial charge in [0.2, 0.25) is 17.7 Å².